The van der Waals surface area contributed by atoms with Gasteiger partial charge >= 0.3 is 6.18 Å². The summed E-state index contributed by atoms with van der Waals surface area (Å²) in [6.07, 6.45) is -3.79. The molecule has 0 aromatic heterocycles. The zero-order valence-corrected chi connectivity index (χ0v) is 13.4. The van der Waals surface area contributed by atoms with Gasteiger partial charge in [-0.15, -0.1) is 0 Å². The van der Waals surface area contributed by atoms with Crippen molar-refractivity contribution in [2.24, 2.45) is 5.92 Å². The number of hydrogen-bond acceptors (Lipinski definition) is 4. The number of carbonyl (C=O) groups excluding carboxylic acids is 1. The molecule has 0 aliphatic carbocycles. The molecule has 134 valence electrons. The second-order valence-electron chi connectivity index (χ2n) is 5.41. The van der Waals surface area contributed by atoms with Crippen LogP contribution in [0, 0.1) is 5.92 Å². The van der Waals surface area contributed by atoms with Crippen LogP contribution in [-0.4, -0.2) is 46.8 Å². The third-order valence-electron chi connectivity index (χ3n) is 3.44. The van der Waals surface area contributed by atoms with E-state index in [2.05, 4.69) is 4.72 Å². The molecule has 2 N–H and O–H groups in total. The lowest BCUT2D eigenvalue weighted by molar-refractivity contribution is -0.123. The first-order valence-corrected chi connectivity index (χ1v) is 8.68. The number of benzene rings is 1. The Labute approximate surface area is 137 Å². The fourth-order valence-electron chi connectivity index (χ4n) is 2.14. The highest BCUT2D eigenvalue weighted by Gasteiger charge is 2.28. The van der Waals surface area contributed by atoms with E-state index in [9.17, 15) is 26.4 Å². The van der Waals surface area contributed by atoms with E-state index in [1.165, 1.54) is 18.2 Å². The highest BCUT2D eigenvalue weighted by molar-refractivity contribution is 7.89. The van der Waals surface area contributed by atoms with Crippen LogP contribution in [0.2, 0.25) is 0 Å². The SMILES string of the molecule is O=C(NCC(F)(F)F)c1cccc(S(=O)(=O)NCC2CCOC2)c1. The van der Waals surface area contributed by atoms with Crippen molar-refractivity contribution in [2.45, 2.75) is 17.5 Å². The zero-order chi connectivity index (χ0) is 17.8. The zero-order valence-electron chi connectivity index (χ0n) is 12.6. The van der Waals surface area contributed by atoms with Gasteiger partial charge in [-0.05, 0) is 30.5 Å². The van der Waals surface area contributed by atoms with E-state index >= 15 is 0 Å². The lowest BCUT2D eigenvalue weighted by Gasteiger charge is -2.12. The molecule has 1 atom stereocenters. The van der Waals surface area contributed by atoms with Crippen LogP contribution >= 0.6 is 0 Å². The highest BCUT2D eigenvalue weighted by Crippen LogP contribution is 2.16. The van der Waals surface area contributed by atoms with E-state index in [-0.39, 0.29) is 22.9 Å². The predicted octanol–water partition coefficient (Wildman–Crippen LogP) is 1.29. The quantitative estimate of drug-likeness (QED) is 0.795. The Morgan fingerprint density at radius 1 is 1.33 bits per heavy atom. The van der Waals surface area contributed by atoms with Crippen molar-refractivity contribution in [3.05, 3.63) is 29.8 Å². The van der Waals surface area contributed by atoms with Crippen molar-refractivity contribution >= 4 is 15.9 Å². The minimum atomic E-state index is -4.54. The van der Waals surface area contributed by atoms with Crippen molar-refractivity contribution in [1.82, 2.24) is 10.0 Å². The molecule has 0 saturated carbocycles. The Kier molecular flexibility index (Phi) is 5.83. The van der Waals surface area contributed by atoms with Crippen LogP contribution in [0.1, 0.15) is 16.8 Å². The molecule has 1 saturated heterocycles. The lowest BCUT2D eigenvalue weighted by atomic mass is 10.1. The average molecular weight is 366 g/mol. The van der Waals surface area contributed by atoms with Gasteiger partial charge in [0.25, 0.3) is 5.91 Å². The number of halogens is 3. The number of hydrogen-bond donors (Lipinski definition) is 2. The number of rotatable bonds is 6. The maximum atomic E-state index is 12.2. The molecule has 1 aromatic carbocycles. The maximum Gasteiger partial charge on any atom is 0.405 e. The first-order valence-electron chi connectivity index (χ1n) is 7.20. The average Bonchev–Trinajstić information content (AvgIpc) is 3.04. The van der Waals surface area contributed by atoms with Crippen LogP contribution in [0.4, 0.5) is 13.2 Å². The van der Waals surface area contributed by atoms with E-state index in [1.54, 1.807) is 5.32 Å². The summed E-state index contributed by atoms with van der Waals surface area (Å²) in [5.41, 5.74) is -0.161. The number of nitrogens with one attached hydrogen (secondary N) is 2. The van der Waals surface area contributed by atoms with E-state index in [0.29, 0.717) is 13.2 Å². The van der Waals surface area contributed by atoms with E-state index < -0.39 is 28.7 Å². The van der Waals surface area contributed by atoms with E-state index in [4.69, 9.17) is 4.74 Å². The monoisotopic (exact) mass is 366 g/mol. The van der Waals surface area contributed by atoms with Gasteiger partial charge in [-0.2, -0.15) is 13.2 Å². The van der Waals surface area contributed by atoms with Gasteiger partial charge in [0.05, 0.1) is 11.5 Å². The highest BCUT2D eigenvalue weighted by atomic mass is 32.2. The molecule has 1 unspecified atom stereocenters. The van der Waals surface area contributed by atoms with Crippen molar-refractivity contribution in [2.75, 3.05) is 26.3 Å². The van der Waals surface area contributed by atoms with Crippen molar-refractivity contribution in [1.29, 1.82) is 0 Å². The molecule has 0 radical (unpaired) electrons. The smallest absolute Gasteiger partial charge is 0.381 e. The molecule has 0 spiro atoms. The Morgan fingerprint density at radius 3 is 2.71 bits per heavy atom. The van der Waals surface area contributed by atoms with Gasteiger partial charge in [0.2, 0.25) is 10.0 Å². The van der Waals surface area contributed by atoms with Gasteiger partial charge in [0, 0.05) is 18.7 Å². The molecule has 1 heterocycles. The first-order chi connectivity index (χ1) is 11.2. The van der Waals surface area contributed by atoms with Crippen molar-refractivity contribution in [3.8, 4) is 0 Å². The van der Waals surface area contributed by atoms with E-state index in [1.807, 2.05) is 0 Å². The van der Waals surface area contributed by atoms with Gasteiger partial charge in [-0.3, -0.25) is 4.79 Å². The summed E-state index contributed by atoms with van der Waals surface area (Å²) in [6.45, 7) is -0.223. The molecule has 1 aromatic rings. The van der Waals surface area contributed by atoms with Gasteiger partial charge < -0.3 is 10.1 Å². The third kappa shape index (κ3) is 5.46. The van der Waals surface area contributed by atoms with Crippen LogP contribution in [0.15, 0.2) is 29.2 Å². The van der Waals surface area contributed by atoms with Gasteiger partial charge in [-0.1, -0.05) is 6.07 Å². The van der Waals surface area contributed by atoms with Crippen LogP contribution < -0.4 is 10.0 Å². The van der Waals surface area contributed by atoms with E-state index in [0.717, 1.165) is 12.5 Å². The topological polar surface area (TPSA) is 84.5 Å². The predicted molar refractivity (Wildman–Crippen MR) is 78.9 cm³/mol. The molecular weight excluding hydrogens is 349 g/mol. The van der Waals surface area contributed by atoms with Crippen LogP contribution in [0.3, 0.4) is 0 Å². The molecule has 10 heteroatoms. The van der Waals surface area contributed by atoms with Crippen molar-refractivity contribution in [3.63, 3.8) is 0 Å². The number of carbonyl (C=O) groups is 1. The van der Waals surface area contributed by atoms with Crippen LogP contribution in [-0.2, 0) is 14.8 Å². The molecule has 2 rings (SSSR count). The Balaban J connectivity index is 2.03. The molecule has 6 nitrogen and oxygen atoms in total. The lowest BCUT2D eigenvalue weighted by Crippen LogP contribution is -2.34. The number of sulfonamides is 1. The van der Waals surface area contributed by atoms with Crippen LogP contribution in [0.25, 0.3) is 0 Å². The fourth-order valence-corrected chi connectivity index (χ4v) is 3.30. The van der Waals surface area contributed by atoms with Gasteiger partial charge in [0.15, 0.2) is 0 Å². The molecule has 1 fully saturated rings. The largest absolute Gasteiger partial charge is 0.405 e. The summed E-state index contributed by atoms with van der Waals surface area (Å²) in [7, 11) is -3.85. The van der Waals surface area contributed by atoms with Gasteiger partial charge in [-0.25, -0.2) is 13.1 Å². The molecule has 0 bridgehead atoms. The molecule has 1 aliphatic heterocycles. The third-order valence-corrected chi connectivity index (χ3v) is 4.86. The minimum Gasteiger partial charge on any atom is -0.381 e. The fraction of sp³-hybridized carbons (Fsp3) is 0.500. The Hall–Kier alpha value is -1.65. The first kappa shape index (κ1) is 18.7. The number of ether oxygens (including phenoxy) is 1. The maximum absolute atomic E-state index is 12.2. The molecule has 1 amide bonds. The number of alkyl halides is 3. The summed E-state index contributed by atoms with van der Waals surface area (Å²) in [4.78, 5) is 11.5. The van der Waals surface area contributed by atoms with Crippen molar-refractivity contribution < 1.29 is 31.1 Å². The molecular formula is C14H17F3N2O4S. The Morgan fingerprint density at radius 2 is 2.08 bits per heavy atom. The van der Waals surface area contributed by atoms with Crippen LogP contribution in [0.5, 0.6) is 0 Å². The molecule has 24 heavy (non-hydrogen) atoms. The normalized spacial score (nSPS) is 18.5. The summed E-state index contributed by atoms with van der Waals surface area (Å²) < 4.78 is 68.4. The summed E-state index contributed by atoms with van der Waals surface area (Å²) in [6, 6.07) is 4.86. The molecule has 1 aliphatic rings. The van der Waals surface area contributed by atoms with Gasteiger partial charge in [0.1, 0.15) is 6.54 Å². The standard InChI is InChI=1S/C14H17F3N2O4S/c15-14(16,17)9-18-13(20)11-2-1-3-12(6-11)24(21,22)19-7-10-4-5-23-8-10/h1-3,6,10,19H,4-5,7-9H2,(H,18,20). The Bertz CT molecular complexity index is 686. The summed E-state index contributed by atoms with van der Waals surface area (Å²) in [5, 5.41) is 1.70. The minimum absolute atomic E-state index is 0.0815. The second-order valence-corrected chi connectivity index (χ2v) is 7.17. The number of amides is 1. The summed E-state index contributed by atoms with van der Waals surface area (Å²) >= 11 is 0. The summed E-state index contributed by atoms with van der Waals surface area (Å²) in [5.74, 6) is -0.911. The second kappa shape index (κ2) is 7.49.